The molecule has 0 radical (unpaired) electrons. The molecule has 0 unspecified atom stereocenters. The molecule has 0 bridgehead atoms. The van der Waals surface area contributed by atoms with Gasteiger partial charge < -0.3 is 4.42 Å². The summed E-state index contributed by atoms with van der Waals surface area (Å²) in [6, 6.07) is 16.7. The van der Waals surface area contributed by atoms with Crippen LogP contribution in [0.3, 0.4) is 0 Å². The average Bonchev–Trinajstić information content (AvgIpc) is 3.28. The zero-order chi connectivity index (χ0) is 22.9. The molecule has 33 heavy (non-hydrogen) atoms. The standard InChI is InChI=1S/C23H13ClF2N4O2S/c24-14-7-5-13(6-8-14)21-29-28-20(32-21)12-33-23-27-18-4-2-1-3-16(18)22(31)30(23)19-10-9-15(25)11-17(19)26/h1-11H,12H2. The quantitative estimate of drug-likeness (QED) is 0.238. The fourth-order valence-electron chi connectivity index (χ4n) is 3.23. The van der Waals surface area contributed by atoms with Crippen molar-refractivity contribution in [2.24, 2.45) is 0 Å². The van der Waals surface area contributed by atoms with Crippen LogP contribution < -0.4 is 5.56 Å². The molecule has 5 rings (SSSR count). The number of aromatic nitrogens is 4. The van der Waals surface area contributed by atoms with E-state index in [1.165, 1.54) is 6.07 Å². The summed E-state index contributed by atoms with van der Waals surface area (Å²) in [5.41, 5.74) is 0.587. The Labute approximate surface area is 194 Å². The monoisotopic (exact) mass is 482 g/mol. The number of thioether (sulfide) groups is 1. The smallest absolute Gasteiger partial charge is 0.266 e. The normalized spacial score (nSPS) is 11.2. The van der Waals surface area contributed by atoms with E-state index in [2.05, 4.69) is 15.2 Å². The van der Waals surface area contributed by atoms with Gasteiger partial charge in [-0.2, -0.15) is 0 Å². The van der Waals surface area contributed by atoms with Gasteiger partial charge in [0.25, 0.3) is 5.56 Å². The molecule has 6 nitrogen and oxygen atoms in total. The van der Waals surface area contributed by atoms with E-state index in [4.69, 9.17) is 16.0 Å². The van der Waals surface area contributed by atoms with Crippen molar-refractivity contribution in [3.63, 3.8) is 0 Å². The third kappa shape index (κ3) is 4.24. The minimum Gasteiger partial charge on any atom is -0.420 e. The minimum atomic E-state index is -0.876. The molecular weight excluding hydrogens is 470 g/mol. The Morgan fingerprint density at radius 1 is 1.00 bits per heavy atom. The highest BCUT2D eigenvalue weighted by Gasteiger charge is 2.18. The molecule has 0 atom stereocenters. The Balaban J connectivity index is 1.53. The first-order valence-electron chi connectivity index (χ1n) is 9.68. The summed E-state index contributed by atoms with van der Waals surface area (Å²) in [7, 11) is 0. The molecule has 164 valence electrons. The maximum absolute atomic E-state index is 14.6. The van der Waals surface area contributed by atoms with Crippen LogP contribution >= 0.6 is 23.4 Å². The summed E-state index contributed by atoms with van der Waals surface area (Å²) in [5.74, 6) is -0.838. The molecule has 0 aliphatic heterocycles. The Bertz CT molecular complexity index is 1540. The van der Waals surface area contributed by atoms with Crippen molar-refractivity contribution in [2.75, 3.05) is 0 Å². The van der Waals surface area contributed by atoms with Crippen LogP contribution in [0.25, 0.3) is 28.0 Å². The number of benzene rings is 3. The van der Waals surface area contributed by atoms with Gasteiger partial charge >= 0.3 is 0 Å². The summed E-state index contributed by atoms with van der Waals surface area (Å²) in [4.78, 5) is 17.7. The van der Waals surface area contributed by atoms with Gasteiger partial charge in [0.1, 0.15) is 11.6 Å². The predicted octanol–water partition coefficient (Wildman–Crippen LogP) is 5.66. The topological polar surface area (TPSA) is 73.8 Å². The molecule has 2 heterocycles. The molecule has 0 fully saturated rings. The van der Waals surface area contributed by atoms with E-state index in [0.717, 1.165) is 28.5 Å². The third-order valence-electron chi connectivity index (χ3n) is 4.78. The van der Waals surface area contributed by atoms with Gasteiger partial charge in [-0.05, 0) is 48.5 Å². The second-order valence-electron chi connectivity index (χ2n) is 6.94. The van der Waals surface area contributed by atoms with Crippen LogP contribution in [0.1, 0.15) is 5.89 Å². The molecular formula is C23H13ClF2N4O2S. The lowest BCUT2D eigenvalue weighted by molar-refractivity contribution is 0.528. The number of rotatable bonds is 5. The SMILES string of the molecule is O=c1c2ccccc2nc(SCc2nnc(-c3ccc(Cl)cc3)o2)n1-c1ccc(F)cc1F. The summed E-state index contributed by atoms with van der Waals surface area (Å²) < 4.78 is 34.9. The summed E-state index contributed by atoms with van der Waals surface area (Å²) in [6.45, 7) is 0. The van der Waals surface area contributed by atoms with E-state index >= 15 is 0 Å². The van der Waals surface area contributed by atoms with Crippen molar-refractivity contribution in [1.82, 2.24) is 19.7 Å². The van der Waals surface area contributed by atoms with Gasteiger partial charge in [0.2, 0.25) is 11.8 Å². The van der Waals surface area contributed by atoms with Crippen molar-refractivity contribution in [3.8, 4) is 17.1 Å². The molecule has 0 saturated heterocycles. The summed E-state index contributed by atoms with van der Waals surface area (Å²) in [5, 5.41) is 9.18. The number of hydrogen-bond donors (Lipinski definition) is 0. The summed E-state index contributed by atoms with van der Waals surface area (Å²) >= 11 is 7.03. The predicted molar refractivity (Wildman–Crippen MR) is 122 cm³/mol. The maximum atomic E-state index is 14.6. The zero-order valence-corrected chi connectivity index (χ0v) is 18.3. The third-order valence-corrected chi connectivity index (χ3v) is 5.95. The fourth-order valence-corrected chi connectivity index (χ4v) is 4.20. The van der Waals surface area contributed by atoms with E-state index in [1.807, 2.05) is 0 Å². The van der Waals surface area contributed by atoms with Gasteiger partial charge in [-0.25, -0.2) is 13.8 Å². The largest absolute Gasteiger partial charge is 0.420 e. The lowest BCUT2D eigenvalue weighted by atomic mass is 10.2. The molecule has 0 aliphatic rings. The van der Waals surface area contributed by atoms with Crippen LogP contribution in [0.5, 0.6) is 0 Å². The lowest BCUT2D eigenvalue weighted by Crippen LogP contribution is -2.22. The molecule has 10 heteroatoms. The van der Waals surface area contributed by atoms with Crippen LogP contribution in [0.4, 0.5) is 8.78 Å². The first kappa shape index (κ1) is 21.3. The van der Waals surface area contributed by atoms with Crippen LogP contribution in [0, 0.1) is 11.6 Å². The second-order valence-corrected chi connectivity index (χ2v) is 8.32. The Morgan fingerprint density at radius 2 is 1.79 bits per heavy atom. The number of hydrogen-bond acceptors (Lipinski definition) is 6. The van der Waals surface area contributed by atoms with Crippen molar-refractivity contribution >= 4 is 34.3 Å². The van der Waals surface area contributed by atoms with E-state index in [-0.39, 0.29) is 16.6 Å². The minimum absolute atomic E-state index is 0.102. The lowest BCUT2D eigenvalue weighted by Gasteiger charge is -2.13. The van der Waals surface area contributed by atoms with E-state index in [1.54, 1.807) is 48.5 Å². The van der Waals surface area contributed by atoms with Gasteiger partial charge in [-0.1, -0.05) is 35.5 Å². The molecule has 3 aromatic carbocycles. The highest BCUT2D eigenvalue weighted by Crippen LogP contribution is 2.27. The molecule has 0 saturated carbocycles. The molecule has 0 aliphatic carbocycles. The van der Waals surface area contributed by atoms with Crippen LogP contribution in [-0.4, -0.2) is 19.7 Å². The van der Waals surface area contributed by atoms with E-state index < -0.39 is 17.2 Å². The number of fused-ring (bicyclic) bond motifs is 1. The van der Waals surface area contributed by atoms with Crippen LogP contribution in [0.2, 0.25) is 5.02 Å². The Kier molecular flexibility index (Phi) is 5.65. The molecule has 0 spiro atoms. The molecule has 2 aromatic heterocycles. The van der Waals surface area contributed by atoms with E-state index in [9.17, 15) is 13.6 Å². The molecule has 0 amide bonds. The zero-order valence-electron chi connectivity index (χ0n) is 16.7. The van der Waals surface area contributed by atoms with Crippen molar-refractivity contribution in [2.45, 2.75) is 10.9 Å². The van der Waals surface area contributed by atoms with Crippen molar-refractivity contribution in [1.29, 1.82) is 0 Å². The maximum Gasteiger partial charge on any atom is 0.266 e. The van der Waals surface area contributed by atoms with Gasteiger partial charge in [-0.3, -0.25) is 9.36 Å². The van der Waals surface area contributed by atoms with Gasteiger partial charge in [0, 0.05) is 16.7 Å². The van der Waals surface area contributed by atoms with Crippen LogP contribution in [-0.2, 0) is 5.75 Å². The first-order chi connectivity index (χ1) is 16.0. The Morgan fingerprint density at radius 3 is 2.58 bits per heavy atom. The average molecular weight is 483 g/mol. The molecule has 5 aromatic rings. The van der Waals surface area contributed by atoms with Gasteiger partial charge in [-0.15, -0.1) is 10.2 Å². The highest BCUT2D eigenvalue weighted by atomic mass is 35.5. The van der Waals surface area contributed by atoms with Crippen LogP contribution in [0.15, 0.2) is 81.1 Å². The number of nitrogens with zero attached hydrogens (tertiary/aromatic N) is 4. The number of para-hydroxylation sites is 1. The van der Waals surface area contributed by atoms with Crippen molar-refractivity contribution in [3.05, 3.63) is 99.6 Å². The second kappa shape index (κ2) is 8.76. The summed E-state index contributed by atoms with van der Waals surface area (Å²) in [6.07, 6.45) is 0. The highest BCUT2D eigenvalue weighted by molar-refractivity contribution is 7.98. The fraction of sp³-hybridized carbons (Fsp3) is 0.0435. The first-order valence-corrected chi connectivity index (χ1v) is 11.0. The van der Waals surface area contributed by atoms with Crippen molar-refractivity contribution < 1.29 is 13.2 Å². The Hall–Kier alpha value is -3.56. The van der Waals surface area contributed by atoms with Gasteiger partial charge in [0.15, 0.2) is 5.16 Å². The van der Waals surface area contributed by atoms with Gasteiger partial charge in [0.05, 0.1) is 22.3 Å². The number of halogens is 3. The molecule has 0 N–H and O–H groups in total. The van der Waals surface area contributed by atoms with E-state index in [0.29, 0.717) is 33.3 Å².